The summed E-state index contributed by atoms with van der Waals surface area (Å²) in [6.45, 7) is 19.0. The monoisotopic (exact) mass is 887 g/mol. The van der Waals surface area contributed by atoms with Gasteiger partial charge in [0.25, 0.3) is 0 Å². The zero-order valence-corrected chi connectivity index (χ0v) is 37.9. The SMILES string of the molecule is CCCc1ccccc1-c1cccc2c1C=C(C(C)CC)[CH]2[Hf]([Cl])([Cl])([CH]1C(C(C)CC)=Cc2c(-c3ccccc3CCC)cccc21)[SiH](C)C. The molecule has 0 bridgehead atoms. The molecule has 4 aromatic rings. The number of hydrogen-bond donors (Lipinski definition) is 0. The Morgan fingerprint density at radius 2 is 0.940 bits per heavy atom. The number of rotatable bonds is 13. The topological polar surface area (TPSA) is 0 Å². The second-order valence-electron chi connectivity index (χ2n) is 15.6. The Balaban J connectivity index is 1.64. The van der Waals surface area contributed by atoms with E-state index in [2.05, 4.69) is 152 Å². The normalized spacial score (nSPS) is 19.0. The van der Waals surface area contributed by atoms with Crippen LogP contribution in [0.1, 0.15) is 108 Å². The molecule has 0 heterocycles. The fraction of sp³-hybridized carbons (Fsp3) is 0.391. The summed E-state index contributed by atoms with van der Waals surface area (Å²) in [6, 6.07) is 32.1. The van der Waals surface area contributed by atoms with E-state index in [1.54, 1.807) is 0 Å². The molecular formula is C46H57Cl2HfSi. The minimum atomic E-state index is -5.11. The van der Waals surface area contributed by atoms with E-state index in [-0.39, 0.29) is 7.35 Å². The zero-order valence-electron chi connectivity index (χ0n) is 31.6. The second-order valence-corrected chi connectivity index (χ2v) is 74.9. The van der Waals surface area contributed by atoms with Crippen LogP contribution < -0.4 is 0 Å². The minimum absolute atomic E-state index is 0.102. The van der Waals surface area contributed by atoms with Gasteiger partial charge in [-0.1, -0.05) is 0 Å². The van der Waals surface area contributed by atoms with E-state index >= 15 is 0 Å². The fourth-order valence-electron chi connectivity index (χ4n) is 9.25. The van der Waals surface area contributed by atoms with Gasteiger partial charge in [0.05, 0.1) is 0 Å². The molecule has 0 radical (unpaired) electrons. The molecule has 0 aliphatic heterocycles. The number of aryl methyl sites for hydroxylation is 2. The van der Waals surface area contributed by atoms with E-state index in [0.717, 1.165) is 38.5 Å². The van der Waals surface area contributed by atoms with Gasteiger partial charge in [0.15, 0.2) is 0 Å². The number of fused-ring (bicyclic) bond motifs is 2. The first-order valence-corrected chi connectivity index (χ1v) is 41.6. The molecule has 2 aliphatic carbocycles. The van der Waals surface area contributed by atoms with Gasteiger partial charge in [0.1, 0.15) is 0 Å². The summed E-state index contributed by atoms with van der Waals surface area (Å²) in [5.41, 5.74) is 16.7. The van der Waals surface area contributed by atoms with Crippen LogP contribution in [0.3, 0.4) is 0 Å². The number of halogens is 2. The van der Waals surface area contributed by atoms with Crippen molar-refractivity contribution in [3.63, 3.8) is 0 Å². The first-order valence-electron chi connectivity index (χ1n) is 19.4. The van der Waals surface area contributed by atoms with Gasteiger partial charge in [-0.15, -0.1) is 0 Å². The first-order chi connectivity index (χ1) is 24.0. The standard InChI is InChI=1S/2C22H25.C2H7Si.2ClH.Hf/c2*1-4-9-17-10-6-7-12-20(17)21-13-8-11-18-14-19(15-22(18)21)16(3)5-2;1-3-2;;;/h2*6-8,10-16H,4-5,9H2,1-3H3;3H,1-2H3;2*1H;/q;;;;;+2/p-2. The number of hydrogen-bond acceptors (Lipinski definition) is 0. The molecule has 4 atom stereocenters. The van der Waals surface area contributed by atoms with Gasteiger partial charge in [0.2, 0.25) is 0 Å². The molecule has 0 N–H and O–H groups in total. The molecule has 2 aliphatic rings. The predicted molar refractivity (Wildman–Crippen MR) is 223 cm³/mol. The summed E-state index contributed by atoms with van der Waals surface area (Å²) in [4.78, 5) is 0. The van der Waals surface area contributed by atoms with Crippen LogP contribution in [0.5, 0.6) is 0 Å². The van der Waals surface area contributed by atoms with Crippen LogP contribution in [0.4, 0.5) is 0 Å². The maximum atomic E-state index is 8.91. The fourth-order valence-corrected chi connectivity index (χ4v) is 53.5. The van der Waals surface area contributed by atoms with Gasteiger partial charge in [0, 0.05) is 0 Å². The van der Waals surface area contributed by atoms with Crippen molar-refractivity contribution in [2.75, 3.05) is 0 Å². The van der Waals surface area contributed by atoms with Crippen molar-refractivity contribution in [3.8, 4) is 22.3 Å². The molecule has 4 aromatic carbocycles. The Morgan fingerprint density at radius 3 is 1.30 bits per heavy atom. The van der Waals surface area contributed by atoms with Crippen molar-refractivity contribution in [2.45, 2.75) is 101 Å². The van der Waals surface area contributed by atoms with Crippen LogP contribution >= 0.6 is 17.2 Å². The van der Waals surface area contributed by atoms with E-state index < -0.39 is 21.3 Å². The summed E-state index contributed by atoms with van der Waals surface area (Å²) in [5.74, 6) is -0.875. The summed E-state index contributed by atoms with van der Waals surface area (Å²) >= 11 is -5.11. The Morgan fingerprint density at radius 1 is 0.560 bits per heavy atom. The van der Waals surface area contributed by atoms with Gasteiger partial charge in [-0.05, 0) is 0 Å². The Bertz CT molecular complexity index is 1800. The molecule has 50 heavy (non-hydrogen) atoms. The van der Waals surface area contributed by atoms with E-state index in [0.29, 0.717) is 11.8 Å². The Labute approximate surface area is 312 Å². The van der Waals surface area contributed by atoms with Gasteiger partial charge < -0.3 is 0 Å². The molecule has 6 rings (SSSR count). The second kappa shape index (κ2) is 15.2. The van der Waals surface area contributed by atoms with Crippen LogP contribution in [0.2, 0.25) is 13.1 Å². The molecule has 0 saturated carbocycles. The van der Waals surface area contributed by atoms with Crippen molar-refractivity contribution in [2.24, 2.45) is 11.8 Å². The number of allylic oxidation sites excluding steroid dienone is 2. The van der Waals surface area contributed by atoms with Crippen LogP contribution in [0, 0.1) is 11.8 Å². The van der Waals surface area contributed by atoms with Crippen LogP contribution in [-0.2, 0) is 28.1 Å². The van der Waals surface area contributed by atoms with E-state index in [1.165, 1.54) is 66.8 Å². The molecule has 4 unspecified atom stereocenters. The summed E-state index contributed by atoms with van der Waals surface area (Å²) < 4.78 is 0.203. The first kappa shape index (κ1) is 37.8. The summed E-state index contributed by atoms with van der Waals surface area (Å²) in [6.07, 6.45) is 11.7. The average molecular weight is 887 g/mol. The van der Waals surface area contributed by atoms with Crippen molar-refractivity contribution >= 4 is 35.3 Å². The van der Waals surface area contributed by atoms with Gasteiger partial charge >= 0.3 is 315 Å². The molecule has 0 nitrogen and oxygen atoms in total. The summed E-state index contributed by atoms with van der Waals surface area (Å²) in [7, 11) is 17.8. The van der Waals surface area contributed by atoms with Crippen molar-refractivity contribution in [3.05, 3.63) is 129 Å². The molecule has 0 spiro atoms. The van der Waals surface area contributed by atoms with E-state index in [4.69, 9.17) is 17.2 Å². The Hall–Kier alpha value is -1.97. The molecule has 0 amide bonds. The zero-order chi connectivity index (χ0) is 35.8. The molecule has 4 heteroatoms. The molecule has 0 aromatic heterocycles. The van der Waals surface area contributed by atoms with Crippen LogP contribution in [-0.4, -0.2) is 5.98 Å². The van der Waals surface area contributed by atoms with Crippen molar-refractivity contribution in [1.82, 2.24) is 0 Å². The van der Waals surface area contributed by atoms with Crippen LogP contribution in [0.15, 0.2) is 96.1 Å². The van der Waals surface area contributed by atoms with Gasteiger partial charge in [-0.3, -0.25) is 0 Å². The Kier molecular flexibility index (Phi) is 11.5. The van der Waals surface area contributed by atoms with Crippen molar-refractivity contribution in [1.29, 1.82) is 0 Å². The van der Waals surface area contributed by atoms with Crippen molar-refractivity contribution < 1.29 is 15.3 Å². The van der Waals surface area contributed by atoms with Gasteiger partial charge in [-0.25, -0.2) is 0 Å². The number of benzene rings is 4. The summed E-state index contributed by atoms with van der Waals surface area (Å²) in [5, 5.41) is 0. The quantitative estimate of drug-likeness (QED) is 0.117. The molecular weight excluding hydrogens is 830 g/mol. The molecule has 0 saturated heterocycles. The van der Waals surface area contributed by atoms with Crippen LogP contribution in [0.25, 0.3) is 34.4 Å². The molecule has 263 valence electrons. The maximum absolute atomic E-state index is 8.91. The average Bonchev–Trinajstić information content (AvgIpc) is 3.73. The van der Waals surface area contributed by atoms with Gasteiger partial charge in [-0.2, -0.15) is 0 Å². The van der Waals surface area contributed by atoms with E-state index in [1.807, 2.05) is 0 Å². The van der Waals surface area contributed by atoms with E-state index in [9.17, 15) is 0 Å². The third-order valence-electron chi connectivity index (χ3n) is 12.4. The molecule has 0 fully saturated rings. The predicted octanol–water partition coefficient (Wildman–Crippen LogP) is 14.6. The third kappa shape index (κ3) is 6.27. The third-order valence-corrected chi connectivity index (χ3v) is 85.0.